The maximum Gasteiger partial charge on any atom is 0.274 e. The number of Topliss-reactive ketones (excluding diaryl/α,β-unsaturated/α-hetero) is 1. The molecule has 168 valence electrons. The number of halogens is 1. The SMILES string of the molecule is CC(C)(O)[C@H]1CCCC[C@@H]1CC(=O)c1ccc(F)c(NC(=O)c2cnc3ccccn23)c1. The molecule has 0 bridgehead atoms. The second-order valence-corrected chi connectivity index (χ2v) is 9.15. The monoisotopic (exact) mass is 437 g/mol. The summed E-state index contributed by atoms with van der Waals surface area (Å²) in [7, 11) is 0. The molecule has 1 aromatic carbocycles. The van der Waals surface area contributed by atoms with Gasteiger partial charge in [-0.1, -0.05) is 18.9 Å². The molecule has 0 aliphatic heterocycles. The lowest BCUT2D eigenvalue weighted by Crippen LogP contribution is -2.39. The Hall–Kier alpha value is -3.06. The van der Waals surface area contributed by atoms with Gasteiger partial charge in [-0.05, 0) is 68.9 Å². The van der Waals surface area contributed by atoms with Crippen molar-refractivity contribution in [1.82, 2.24) is 9.38 Å². The van der Waals surface area contributed by atoms with Crippen LogP contribution in [0.15, 0.2) is 48.8 Å². The summed E-state index contributed by atoms with van der Waals surface area (Å²) in [5, 5.41) is 13.1. The van der Waals surface area contributed by atoms with Crippen LogP contribution in [0.5, 0.6) is 0 Å². The van der Waals surface area contributed by atoms with E-state index in [1.54, 1.807) is 36.6 Å². The average molecular weight is 438 g/mol. The molecule has 2 heterocycles. The van der Waals surface area contributed by atoms with E-state index in [0.29, 0.717) is 17.6 Å². The fourth-order valence-electron chi connectivity index (χ4n) is 4.82. The highest BCUT2D eigenvalue weighted by atomic mass is 19.1. The smallest absolute Gasteiger partial charge is 0.274 e. The summed E-state index contributed by atoms with van der Waals surface area (Å²) in [6, 6.07) is 9.39. The normalized spacial score (nSPS) is 19.1. The number of hydrogen-bond acceptors (Lipinski definition) is 4. The highest BCUT2D eigenvalue weighted by Crippen LogP contribution is 2.39. The predicted octanol–water partition coefficient (Wildman–Crippen LogP) is 4.88. The first-order valence-corrected chi connectivity index (χ1v) is 11.0. The highest BCUT2D eigenvalue weighted by molar-refractivity contribution is 6.04. The Bertz CT molecular complexity index is 1150. The summed E-state index contributed by atoms with van der Waals surface area (Å²) >= 11 is 0. The number of hydrogen-bond donors (Lipinski definition) is 2. The number of carbonyl (C=O) groups is 2. The number of anilines is 1. The minimum atomic E-state index is -0.846. The van der Waals surface area contributed by atoms with Gasteiger partial charge in [-0.15, -0.1) is 0 Å². The number of fused-ring (bicyclic) bond motifs is 1. The number of imidazole rings is 1. The standard InChI is InChI=1S/C25H28FN3O3/c1-25(2,32)18-8-4-3-7-16(18)14-22(30)17-10-11-19(26)20(13-17)28-24(31)21-15-27-23-9-5-6-12-29(21)23/h5-6,9-13,15-16,18,32H,3-4,7-8,14H2,1-2H3,(H,28,31)/t16-,18+/m1/s1. The first kappa shape index (κ1) is 22.1. The highest BCUT2D eigenvalue weighted by Gasteiger charge is 2.36. The van der Waals surface area contributed by atoms with E-state index in [4.69, 9.17) is 0 Å². The van der Waals surface area contributed by atoms with Crippen LogP contribution in [0.3, 0.4) is 0 Å². The van der Waals surface area contributed by atoms with Crippen LogP contribution in [0, 0.1) is 17.7 Å². The Morgan fingerprint density at radius 3 is 2.78 bits per heavy atom. The lowest BCUT2D eigenvalue weighted by atomic mass is 9.69. The van der Waals surface area contributed by atoms with Crippen LogP contribution < -0.4 is 5.32 Å². The molecule has 3 aromatic rings. The summed E-state index contributed by atoms with van der Waals surface area (Å²) in [6.45, 7) is 3.60. The zero-order valence-electron chi connectivity index (χ0n) is 18.3. The first-order chi connectivity index (χ1) is 15.2. The summed E-state index contributed by atoms with van der Waals surface area (Å²) in [5.41, 5.74) is 0.332. The van der Waals surface area contributed by atoms with Gasteiger partial charge in [0, 0.05) is 18.2 Å². The van der Waals surface area contributed by atoms with Gasteiger partial charge in [0.1, 0.15) is 17.2 Å². The van der Waals surface area contributed by atoms with Gasteiger partial charge < -0.3 is 10.4 Å². The Morgan fingerprint density at radius 2 is 2.00 bits per heavy atom. The van der Waals surface area contributed by atoms with Crippen LogP contribution in [0.4, 0.5) is 10.1 Å². The van der Waals surface area contributed by atoms with E-state index < -0.39 is 17.3 Å². The Labute approximate surface area is 186 Å². The number of benzene rings is 1. The number of aliphatic hydroxyl groups is 1. The van der Waals surface area contributed by atoms with Crippen LogP contribution in [0.25, 0.3) is 5.65 Å². The number of pyridine rings is 1. The van der Waals surface area contributed by atoms with Crippen molar-refractivity contribution in [2.45, 2.75) is 51.6 Å². The fourth-order valence-corrected chi connectivity index (χ4v) is 4.82. The Balaban J connectivity index is 1.52. The molecule has 7 heteroatoms. The molecule has 2 aromatic heterocycles. The average Bonchev–Trinajstić information content (AvgIpc) is 3.19. The largest absolute Gasteiger partial charge is 0.390 e. The molecule has 6 nitrogen and oxygen atoms in total. The molecule has 1 saturated carbocycles. The molecule has 4 rings (SSSR count). The van der Waals surface area contributed by atoms with E-state index in [1.165, 1.54) is 24.4 Å². The van der Waals surface area contributed by atoms with Gasteiger partial charge in [0.15, 0.2) is 5.78 Å². The Morgan fingerprint density at radius 1 is 1.22 bits per heavy atom. The van der Waals surface area contributed by atoms with E-state index in [-0.39, 0.29) is 29.0 Å². The van der Waals surface area contributed by atoms with E-state index in [1.807, 2.05) is 6.07 Å². The zero-order valence-corrected chi connectivity index (χ0v) is 18.3. The van der Waals surface area contributed by atoms with Gasteiger partial charge in [-0.3, -0.25) is 14.0 Å². The molecule has 1 fully saturated rings. The number of ketones is 1. The van der Waals surface area contributed by atoms with Crippen molar-refractivity contribution < 1.29 is 19.1 Å². The van der Waals surface area contributed by atoms with Crippen molar-refractivity contribution in [1.29, 1.82) is 0 Å². The molecule has 32 heavy (non-hydrogen) atoms. The molecule has 0 saturated heterocycles. The van der Waals surface area contributed by atoms with Crippen molar-refractivity contribution in [2.24, 2.45) is 11.8 Å². The number of amides is 1. The molecule has 2 atom stereocenters. The van der Waals surface area contributed by atoms with Crippen molar-refractivity contribution in [3.05, 3.63) is 65.9 Å². The topological polar surface area (TPSA) is 83.7 Å². The van der Waals surface area contributed by atoms with Crippen LogP contribution in [-0.4, -0.2) is 31.8 Å². The van der Waals surface area contributed by atoms with Crippen LogP contribution in [0.1, 0.15) is 66.8 Å². The lowest BCUT2D eigenvalue weighted by Gasteiger charge is -2.39. The first-order valence-electron chi connectivity index (χ1n) is 11.0. The fraction of sp³-hybridized carbons (Fsp3) is 0.400. The number of nitrogens with zero attached hydrogens (tertiary/aromatic N) is 2. The third-order valence-electron chi connectivity index (χ3n) is 6.45. The van der Waals surface area contributed by atoms with Crippen LogP contribution in [0.2, 0.25) is 0 Å². The third kappa shape index (κ3) is 4.58. The zero-order chi connectivity index (χ0) is 22.9. The second-order valence-electron chi connectivity index (χ2n) is 9.15. The molecule has 1 aliphatic rings. The van der Waals surface area contributed by atoms with Crippen LogP contribution in [-0.2, 0) is 0 Å². The molecule has 0 unspecified atom stereocenters. The maximum absolute atomic E-state index is 14.4. The van der Waals surface area contributed by atoms with Gasteiger partial charge >= 0.3 is 0 Å². The number of rotatable bonds is 6. The van der Waals surface area contributed by atoms with Gasteiger partial charge in [-0.2, -0.15) is 0 Å². The van der Waals surface area contributed by atoms with E-state index in [0.717, 1.165) is 25.7 Å². The molecule has 0 spiro atoms. The molecule has 0 radical (unpaired) electrons. The summed E-state index contributed by atoms with van der Waals surface area (Å²) in [6.07, 6.45) is 7.30. The van der Waals surface area contributed by atoms with E-state index >= 15 is 0 Å². The molecular formula is C25H28FN3O3. The molecule has 1 amide bonds. The van der Waals surface area contributed by atoms with Crippen molar-refractivity contribution >= 4 is 23.0 Å². The van der Waals surface area contributed by atoms with E-state index in [2.05, 4.69) is 10.3 Å². The number of nitrogens with one attached hydrogen (secondary N) is 1. The molecular weight excluding hydrogens is 409 g/mol. The second kappa shape index (κ2) is 8.82. The van der Waals surface area contributed by atoms with Crippen molar-refractivity contribution in [3.63, 3.8) is 0 Å². The third-order valence-corrected chi connectivity index (χ3v) is 6.45. The molecule has 2 N–H and O–H groups in total. The lowest BCUT2D eigenvalue weighted by molar-refractivity contribution is -0.0276. The summed E-state index contributed by atoms with van der Waals surface area (Å²) < 4.78 is 16.1. The van der Waals surface area contributed by atoms with Crippen molar-refractivity contribution in [2.75, 3.05) is 5.32 Å². The van der Waals surface area contributed by atoms with Crippen molar-refractivity contribution in [3.8, 4) is 0 Å². The summed E-state index contributed by atoms with van der Waals surface area (Å²) in [4.78, 5) is 29.9. The molecule has 1 aliphatic carbocycles. The van der Waals surface area contributed by atoms with Gasteiger partial charge in [0.2, 0.25) is 0 Å². The number of carbonyl (C=O) groups excluding carboxylic acids is 2. The minimum Gasteiger partial charge on any atom is -0.390 e. The predicted molar refractivity (Wildman–Crippen MR) is 120 cm³/mol. The van der Waals surface area contributed by atoms with Crippen LogP contribution >= 0.6 is 0 Å². The Kier molecular flexibility index (Phi) is 6.11. The van der Waals surface area contributed by atoms with Gasteiger partial charge in [0.05, 0.1) is 17.5 Å². The summed E-state index contributed by atoms with van der Waals surface area (Å²) in [5.74, 6) is -1.11. The minimum absolute atomic E-state index is 0.0468. The van der Waals surface area contributed by atoms with Gasteiger partial charge in [-0.25, -0.2) is 9.37 Å². The van der Waals surface area contributed by atoms with Gasteiger partial charge in [0.25, 0.3) is 5.91 Å². The maximum atomic E-state index is 14.4. The van der Waals surface area contributed by atoms with E-state index in [9.17, 15) is 19.1 Å². The number of aromatic nitrogens is 2. The quantitative estimate of drug-likeness (QED) is 0.539.